The SMILES string of the molecule is CCOc1cc(C=NN(C)S(=O)(=O)c2cccs2)cc2c1OCC([N+](=O)[O-])=C2. The summed E-state index contributed by atoms with van der Waals surface area (Å²) in [5.41, 5.74) is 0.899. The van der Waals surface area contributed by atoms with Crippen molar-refractivity contribution in [3.63, 3.8) is 0 Å². The van der Waals surface area contributed by atoms with Crippen molar-refractivity contribution >= 4 is 33.7 Å². The van der Waals surface area contributed by atoms with E-state index in [1.165, 1.54) is 25.4 Å². The summed E-state index contributed by atoms with van der Waals surface area (Å²) < 4.78 is 36.9. The third kappa shape index (κ3) is 3.99. The van der Waals surface area contributed by atoms with Crippen LogP contribution in [0.2, 0.25) is 0 Å². The Bertz CT molecular complexity index is 1050. The molecular weight excluding hydrogens is 406 g/mol. The second-order valence-electron chi connectivity index (χ2n) is 5.67. The minimum atomic E-state index is -3.73. The lowest BCUT2D eigenvalue weighted by Crippen LogP contribution is -2.21. The molecule has 0 spiro atoms. The summed E-state index contributed by atoms with van der Waals surface area (Å²) in [6, 6.07) is 6.41. The van der Waals surface area contributed by atoms with Crippen LogP contribution in [-0.2, 0) is 10.0 Å². The van der Waals surface area contributed by atoms with Gasteiger partial charge >= 0.3 is 0 Å². The first-order valence-corrected chi connectivity index (χ1v) is 10.5. The van der Waals surface area contributed by atoms with E-state index in [2.05, 4.69) is 5.10 Å². The fraction of sp³-hybridized carbons (Fsp3) is 0.235. The fourth-order valence-electron chi connectivity index (χ4n) is 2.47. The Hall–Kier alpha value is -2.92. The van der Waals surface area contributed by atoms with Crippen molar-refractivity contribution < 1.29 is 22.8 Å². The Morgan fingerprint density at radius 3 is 2.89 bits per heavy atom. The molecule has 0 bridgehead atoms. The summed E-state index contributed by atoms with van der Waals surface area (Å²) in [5, 5.41) is 16.7. The average molecular weight is 423 g/mol. The van der Waals surface area contributed by atoms with Crippen molar-refractivity contribution in [3.05, 3.63) is 56.6 Å². The lowest BCUT2D eigenvalue weighted by atomic mass is 10.1. The first-order chi connectivity index (χ1) is 13.3. The molecule has 1 aliphatic heterocycles. The van der Waals surface area contributed by atoms with Crippen LogP contribution in [0.25, 0.3) is 6.08 Å². The van der Waals surface area contributed by atoms with Crippen LogP contribution in [0.15, 0.2) is 44.7 Å². The molecule has 0 saturated carbocycles. The minimum Gasteiger partial charge on any atom is -0.490 e. The first kappa shape index (κ1) is 19.8. The van der Waals surface area contributed by atoms with Crippen molar-refractivity contribution in [2.24, 2.45) is 5.10 Å². The second kappa shape index (κ2) is 7.98. The van der Waals surface area contributed by atoms with Crippen LogP contribution in [0.5, 0.6) is 11.5 Å². The van der Waals surface area contributed by atoms with E-state index >= 15 is 0 Å². The van der Waals surface area contributed by atoms with E-state index in [1.807, 2.05) is 0 Å². The highest BCUT2D eigenvalue weighted by Gasteiger charge is 2.24. The smallest absolute Gasteiger partial charge is 0.288 e. The van der Waals surface area contributed by atoms with Gasteiger partial charge < -0.3 is 9.47 Å². The number of benzene rings is 1. The van der Waals surface area contributed by atoms with Crippen LogP contribution in [0.4, 0.5) is 0 Å². The zero-order valence-electron chi connectivity index (χ0n) is 15.1. The molecule has 0 atom stereocenters. The zero-order chi connectivity index (χ0) is 20.3. The molecule has 9 nitrogen and oxygen atoms in total. The summed E-state index contributed by atoms with van der Waals surface area (Å²) in [6.07, 6.45) is 2.76. The third-order valence-electron chi connectivity index (χ3n) is 3.79. The molecule has 0 radical (unpaired) electrons. The molecule has 1 aromatic heterocycles. The van der Waals surface area contributed by atoms with Gasteiger partial charge in [-0.05, 0) is 36.1 Å². The average Bonchev–Trinajstić information content (AvgIpc) is 3.21. The highest BCUT2D eigenvalue weighted by Crippen LogP contribution is 2.37. The molecule has 0 aliphatic carbocycles. The van der Waals surface area contributed by atoms with Crippen molar-refractivity contribution in [1.29, 1.82) is 0 Å². The predicted molar refractivity (Wildman–Crippen MR) is 105 cm³/mol. The number of nitrogens with zero attached hydrogens (tertiary/aromatic N) is 3. The molecule has 28 heavy (non-hydrogen) atoms. The molecule has 2 heterocycles. The fourth-order valence-corrected chi connectivity index (χ4v) is 4.58. The Labute approximate surface area is 165 Å². The predicted octanol–water partition coefficient (Wildman–Crippen LogP) is 2.81. The van der Waals surface area contributed by atoms with Crippen molar-refractivity contribution in [2.75, 3.05) is 20.3 Å². The van der Waals surface area contributed by atoms with Crippen LogP contribution in [0, 0.1) is 10.1 Å². The normalized spacial score (nSPS) is 13.6. The van der Waals surface area contributed by atoms with E-state index in [0.717, 1.165) is 15.8 Å². The number of hydrogen-bond acceptors (Lipinski definition) is 8. The third-order valence-corrected chi connectivity index (χ3v) is 6.81. The summed E-state index contributed by atoms with van der Waals surface area (Å²) in [6.45, 7) is 2.01. The van der Waals surface area contributed by atoms with Crippen molar-refractivity contribution in [1.82, 2.24) is 4.41 Å². The van der Waals surface area contributed by atoms with Gasteiger partial charge in [0, 0.05) is 18.7 Å². The van der Waals surface area contributed by atoms with Gasteiger partial charge in [-0.2, -0.15) is 17.9 Å². The van der Waals surface area contributed by atoms with Gasteiger partial charge in [-0.3, -0.25) is 10.1 Å². The van der Waals surface area contributed by atoms with Crippen LogP contribution in [-0.4, -0.2) is 44.2 Å². The molecule has 2 aromatic rings. The monoisotopic (exact) mass is 423 g/mol. The molecule has 1 aromatic carbocycles. The number of thiophene rings is 1. The minimum absolute atomic E-state index is 0.0820. The van der Waals surface area contributed by atoms with Gasteiger partial charge in [-0.15, -0.1) is 11.3 Å². The molecule has 0 saturated heterocycles. The Balaban J connectivity index is 1.94. The second-order valence-corrected chi connectivity index (χ2v) is 8.79. The number of hydrazone groups is 1. The number of nitro groups is 1. The summed E-state index contributed by atoms with van der Waals surface area (Å²) in [4.78, 5) is 10.5. The number of sulfonamides is 1. The summed E-state index contributed by atoms with van der Waals surface area (Å²) >= 11 is 1.10. The van der Waals surface area contributed by atoms with E-state index in [0.29, 0.717) is 29.2 Å². The molecule has 0 amide bonds. The molecule has 1 aliphatic rings. The molecule has 148 valence electrons. The molecular formula is C17H17N3O6S2. The molecule has 3 rings (SSSR count). The summed E-state index contributed by atoms with van der Waals surface area (Å²) in [5.74, 6) is 0.813. The van der Waals surface area contributed by atoms with Gasteiger partial charge in [0.1, 0.15) is 4.21 Å². The van der Waals surface area contributed by atoms with E-state index in [9.17, 15) is 18.5 Å². The maximum absolute atomic E-state index is 12.4. The summed E-state index contributed by atoms with van der Waals surface area (Å²) in [7, 11) is -2.39. The maximum atomic E-state index is 12.4. The van der Waals surface area contributed by atoms with Crippen molar-refractivity contribution in [2.45, 2.75) is 11.1 Å². The largest absolute Gasteiger partial charge is 0.490 e. The number of hydrogen-bond donors (Lipinski definition) is 0. The van der Waals surface area contributed by atoms with Gasteiger partial charge in [0.25, 0.3) is 15.7 Å². The number of rotatable bonds is 7. The molecule has 0 N–H and O–H groups in total. The number of ether oxygens (including phenoxy) is 2. The van der Waals surface area contributed by atoms with E-state index in [-0.39, 0.29) is 16.5 Å². The molecule has 11 heteroatoms. The van der Waals surface area contributed by atoms with Gasteiger partial charge in [-0.1, -0.05) is 6.07 Å². The van der Waals surface area contributed by atoms with E-state index in [1.54, 1.807) is 30.5 Å². The maximum Gasteiger partial charge on any atom is 0.288 e. The van der Waals surface area contributed by atoms with E-state index in [4.69, 9.17) is 9.47 Å². The van der Waals surface area contributed by atoms with E-state index < -0.39 is 14.9 Å². The Morgan fingerprint density at radius 1 is 1.46 bits per heavy atom. The quantitative estimate of drug-likeness (QED) is 0.385. The van der Waals surface area contributed by atoms with Gasteiger partial charge in [-0.25, -0.2) is 0 Å². The molecule has 0 fully saturated rings. The lowest BCUT2D eigenvalue weighted by Gasteiger charge is -2.18. The zero-order valence-corrected chi connectivity index (χ0v) is 16.7. The Kier molecular flexibility index (Phi) is 5.66. The van der Waals surface area contributed by atoms with Crippen LogP contribution in [0.3, 0.4) is 0 Å². The lowest BCUT2D eigenvalue weighted by molar-refractivity contribution is -0.427. The van der Waals surface area contributed by atoms with Crippen LogP contribution >= 0.6 is 11.3 Å². The molecule has 0 unspecified atom stereocenters. The van der Waals surface area contributed by atoms with Gasteiger partial charge in [0.2, 0.25) is 0 Å². The Morgan fingerprint density at radius 2 is 2.25 bits per heavy atom. The van der Waals surface area contributed by atoms with Gasteiger partial charge in [0.15, 0.2) is 18.1 Å². The highest BCUT2D eigenvalue weighted by atomic mass is 32.2. The standard InChI is InChI=1S/C17H17N3O6S2/c1-3-25-15-8-12(7-13-9-14(20(21)22)11-26-17(13)15)10-18-19(2)28(23,24)16-5-4-6-27-16/h4-10H,3,11H2,1-2H3. The highest BCUT2D eigenvalue weighted by molar-refractivity contribution is 7.91. The number of fused-ring (bicyclic) bond motifs is 1. The van der Waals surface area contributed by atoms with Crippen molar-refractivity contribution in [3.8, 4) is 11.5 Å². The van der Waals surface area contributed by atoms with Gasteiger partial charge in [0.05, 0.1) is 17.7 Å². The van der Waals surface area contributed by atoms with Crippen LogP contribution in [0.1, 0.15) is 18.1 Å². The first-order valence-electron chi connectivity index (χ1n) is 8.18. The van der Waals surface area contributed by atoms with Crippen LogP contribution < -0.4 is 9.47 Å². The topological polar surface area (TPSA) is 111 Å².